The van der Waals surface area contributed by atoms with Gasteiger partial charge in [-0.1, -0.05) is 77.9 Å². The predicted molar refractivity (Wildman–Crippen MR) is 116 cm³/mol. The molecule has 0 aliphatic heterocycles. The number of carbonyl (C=O) groups excluding carboxylic acids is 1. The largest absolute Gasteiger partial charge is 0.292 e. The number of benzene rings is 3. The Hall–Kier alpha value is -2.47. The van der Waals surface area contributed by atoms with Gasteiger partial charge in [-0.05, 0) is 31.5 Å². The molecule has 0 radical (unpaired) electrons. The maximum Gasteiger partial charge on any atom is 0.241 e. The van der Waals surface area contributed by atoms with E-state index >= 15 is 0 Å². The van der Waals surface area contributed by atoms with Gasteiger partial charge in [0.05, 0.1) is 10.9 Å². The van der Waals surface area contributed by atoms with Crippen LogP contribution in [-0.4, -0.2) is 19.6 Å². The van der Waals surface area contributed by atoms with E-state index in [1.165, 1.54) is 12.1 Å². The molecule has 1 N–H and O–H groups in total. The minimum atomic E-state index is -3.88. The first-order valence-corrected chi connectivity index (χ1v) is 11.1. The van der Waals surface area contributed by atoms with Gasteiger partial charge in [-0.3, -0.25) is 4.79 Å². The van der Waals surface area contributed by atoms with Crippen molar-refractivity contribution in [2.75, 3.05) is 0 Å². The van der Waals surface area contributed by atoms with Gasteiger partial charge in [-0.2, -0.15) is 0 Å². The third-order valence-corrected chi connectivity index (χ3v) is 6.56. The molecule has 3 rings (SSSR count). The standard InChI is InChI=1S/C23H22ClNO3S/c1-16-8-12-18(13-9-16)22(21(24)23(26)19-6-4-3-5-7-19)25-29(27,28)20-14-10-17(2)11-15-20/h3-15,21-22,25H,1-2H3/t21-,22-/m1/s1. The summed E-state index contributed by atoms with van der Waals surface area (Å²) in [7, 11) is -3.88. The molecular formula is C23H22ClNO3S. The number of hydrogen-bond donors (Lipinski definition) is 1. The molecule has 6 heteroatoms. The number of Topliss-reactive ketones (excluding diaryl/α,β-unsaturated/α-hetero) is 1. The molecule has 0 saturated heterocycles. The number of carbonyl (C=O) groups is 1. The van der Waals surface area contributed by atoms with Gasteiger partial charge in [0.25, 0.3) is 0 Å². The summed E-state index contributed by atoms with van der Waals surface area (Å²) in [4.78, 5) is 13.0. The first-order chi connectivity index (χ1) is 13.8. The number of halogens is 1. The van der Waals surface area contributed by atoms with Gasteiger partial charge in [0.15, 0.2) is 5.78 Å². The maximum atomic E-state index is 13.0. The van der Waals surface area contributed by atoms with Crippen LogP contribution >= 0.6 is 11.6 Å². The smallest absolute Gasteiger partial charge is 0.241 e. The number of alkyl halides is 1. The Bertz CT molecular complexity index is 1080. The minimum Gasteiger partial charge on any atom is -0.292 e. The van der Waals surface area contributed by atoms with Gasteiger partial charge in [0.2, 0.25) is 10.0 Å². The van der Waals surface area contributed by atoms with Crippen molar-refractivity contribution in [2.24, 2.45) is 0 Å². The zero-order valence-electron chi connectivity index (χ0n) is 16.2. The Morgan fingerprint density at radius 1 is 0.828 bits per heavy atom. The molecule has 2 atom stereocenters. The average Bonchev–Trinajstić information content (AvgIpc) is 2.73. The fourth-order valence-electron chi connectivity index (χ4n) is 2.94. The van der Waals surface area contributed by atoms with Crippen LogP contribution in [-0.2, 0) is 10.0 Å². The molecule has 150 valence electrons. The first kappa shape index (κ1) is 21.2. The molecule has 4 nitrogen and oxygen atoms in total. The van der Waals surface area contributed by atoms with Crippen molar-refractivity contribution in [1.29, 1.82) is 0 Å². The second-order valence-corrected chi connectivity index (χ2v) is 9.14. The Morgan fingerprint density at radius 2 is 1.34 bits per heavy atom. The lowest BCUT2D eigenvalue weighted by atomic mass is 9.97. The van der Waals surface area contributed by atoms with Crippen LogP contribution in [0, 0.1) is 13.8 Å². The summed E-state index contributed by atoms with van der Waals surface area (Å²) in [6.07, 6.45) is 0. The molecule has 29 heavy (non-hydrogen) atoms. The van der Waals surface area contributed by atoms with Crippen molar-refractivity contribution >= 4 is 27.4 Å². The minimum absolute atomic E-state index is 0.122. The van der Waals surface area contributed by atoms with E-state index in [1.807, 2.05) is 26.0 Å². The quantitative estimate of drug-likeness (QED) is 0.434. The highest BCUT2D eigenvalue weighted by atomic mass is 35.5. The SMILES string of the molecule is Cc1ccc([C@@H](NS(=O)(=O)c2ccc(C)cc2)[C@@H](Cl)C(=O)c2ccccc2)cc1. The monoisotopic (exact) mass is 427 g/mol. The van der Waals surface area contributed by atoms with Gasteiger partial charge in [-0.25, -0.2) is 13.1 Å². The van der Waals surface area contributed by atoms with Gasteiger partial charge >= 0.3 is 0 Å². The van der Waals surface area contributed by atoms with Crippen molar-refractivity contribution in [3.05, 3.63) is 101 Å². The first-order valence-electron chi connectivity index (χ1n) is 9.17. The number of nitrogens with one attached hydrogen (secondary N) is 1. The van der Waals surface area contributed by atoms with Crippen LogP contribution in [0.3, 0.4) is 0 Å². The van der Waals surface area contributed by atoms with Gasteiger partial charge in [0, 0.05) is 5.56 Å². The van der Waals surface area contributed by atoms with E-state index in [9.17, 15) is 13.2 Å². The Morgan fingerprint density at radius 3 is 1.90 bits per heavy atom. The zero-order chi connectivity index (χ0) is 21.0. The Labute approximate surface area is 176 Å². The number of sulfonamides is 1. The van der Waals surface area contributed by atoms with E-state index in [2.05, 4.69) is 4.72 Å². The maximum absolute atomic E-state index is 13.0. The van der Waals surface area contributed by atoms with Crippen LogP contribution in [0.4, 0.5) is 0 Å². The van der Waals surface area contributed by atoms with Crippen LogP contribution in [0.5, 0.6) is 0 Å². The summed E-state index contributed by atoms with van der Waals surface area (Å²) in [5.41, 5.74) is 3.03. The molecule has 0 saturated carbocycles. The number of rotatable bonds is 7. The topological polar surface area (TPSA) is 63.2 Å². The molecule has 0 aromatic heterocycles. The van der Waals surface area contributed by atoms with Gasteiger partial charge < -0.3 is 0 Å². The summed E-state index contributed by atoms with van der Waals surface area (Å²) in [5, 5.41) is -1.11. The molecule has 0 aliphatic carbocycles. The van der Waals surface area contributed by atoms with Gasteiger partial charge in [0.1, 0.15) is 5.38 Å². The van der Waals surface area contributed by atoms with E-state index in [0.29, 0.717) is 11.1 Å². The second-order valence-electron chi connectivity index (χ2n) is 6.95. The van der Waals surface area contributed by atoms with Crippen molar-refractivity contribution in [3.8, 4) is 0 Å². The number of aryl methyl sites for hydroxylation is 2. The van der Waals surface area contributed by atoms with E-state index in [4.69, 9.17) is 11.6 Å². The molecule has 0 heterocycles. The lowest BCUT2D eigenvalue weighted by Gasteiger charge is -2.23. The lowest BCUT2D eigenvalue weighted by molar-refractivity contribution is 0.0977. The number of hydrogen-bond acceptors (Lipinski definition) is 3. The molecule has 0 aliphatic rings. The van der Waals surface area contributed by atoms with E-state index in [-0.39, 0.29) is 10.7 Å². The van der Waals surface area contributed by atoms with Crippen molar-refractivity contribution < 1.29 is 13.2 Å². The van der Waals surface area contributed by atoms with Crippen LogP contribution in [0.25, 0.3) is 0 Å². The Balaban J connectivity index is 1.98. The fourth-order valence-corrected chi connectivity index (χ4v) is 4.58. The summed E-state index contributed by atoms with van der Waals surface area (Å²) in [6, 6.07) is 21.5. The summed E-state index contributed by atoms with van der Waals surface area (Å²) in [6.45, 7) is 3.81. The molecule has 3 aromatic rings. The normalized spacial score (nSPS) is 13.6. The van der Waals surface area contributed by atoms with Crippen LogP contribution in [0.2, 0.25) is 0 Å². The highest BCUT2D eigenvalue weighted by Gasteiger charge is 2.32. The van der Waals surface area contributed by atoms with Crippen LogP contribution in [0.15, 0.2) is 83.8 Å². The molecule has 0 amide bonds. The predicted octanol–water partition coefficient (Wildman–Crippen LogP) is 4.81. The lowest BCUT2D eigenvalue weighted by Crippen LogP contribution is -2.37. The molecular weight excluding hydrogens is 406 g/mol. The van der Waals surface area contributed by atoms with Crippen molar-refractivity contribution in [1.82, 2.24) is 4.72 Å². The number of ketones is 1. The summed E-state index contributed by atoms with van der Waals surface area (Å²) in [5.74, 6) is -0.343. The third-order valence-electron chi connectivity index (χ3n) is 4.65. The average molecular weight is 428 g/mol. The highest BCUT2D eigenvalue weighted by molar-refractivity contribution is 7.89. The molecule has 0 unspecified atom stereocenters. The van der Waals surface area contributed by atoms with Gasteiger partial charge in [-0.15, -0.1) is 11.6 Å². The Kier molecular flexibility index (Phi) is 6.52. The molecule has 3 aromatic carbocycles. The highest BCUT2D eigenvalue weighted by Crippen LogP contribution is 2.27. The van der Waals surface area contributed by atoms with Crippen LogP contribution < -0.4 is 4.72 Å². The van der Waals surface area contributed by atoms with Crippen molar-refractivity contribution in [2.45, 2.75) is 30.2 Å². The molecule has 0 fully saturated rings. The summed E-state index contributed by atoms with van der Waals surface area (Å²) >= 11 is 6.55. The fraction of sp³-hybridized carbons (Fsp3) is 0.174. The summed E-state index contributed by atoms with van der Waals surface area (Å²) < 4.78 is 28.6. The molecule has 0 bridgehead atoms. The third kappa shape index (κ3) is 5.12. The zero-order valence-corrected chi connectivity index (χ0v) is 17.7. The van der Waals surface area contributed by atoms with E-state index in [1.54, 1.807) is 54.6 Å². The second kappa shape index (κ2) is 8.91. The van der Waals surface area contributed by atoms with Crippen LogP contribution in [0.1, 0.15) is 33.1 Å². The van der Waals surface area contributed by atoms with Crippen molar-refractivity contribution in [3.63, 3.8) is 0 Å². The van der Waals surface area contributed by atoms with E-state index < -0.39 is 21.4 Å². The van der Waals surface area contributed by atoms with E-state index in [0.717, 1.165) is 11.1 Å². The molecule has 0 spiro atoms.